The maximum Gasteiger partial charge on any atom is 0.168 e. The van der Waals surface area contributed by atoms with Gasteiger partial charge in [-0.2, -0.15) is 0 Å². The lowest BCUT2D eigenvalue weighted by atomic mass is 9.80. The summed E-state index contributed by atoms with van der Waals surface area (Å²) < 4.78 is 6.19. The smallest absolute Gasteiger partial charge is 0.168 e. The van der Waals surface area contributed by atoms with Gasteiger partial charge < -0.3 is 4.74 Å². The second kappa shape index (κ2) is 6.69. The maximum atomic E-state index is 11.0. The number of hydrogen-bond acceptors (Lipinski definition) is 3. The zero-order valence-corrected chi connectivity index (χ0v) is 14.2. The molecule has 0 saturated heterocycles. The molecular formula is C20H25NO2. The molecule has 3 heteroatoms. The quantitative estimate of drug-likeness (QED) is 0.750. The fourth-order valence-electron chi connectivity index (χ4n) is 3.53. The summed E-state index contributed by atoms with van der Waals surface area (Å²) in [5.41, 5.74) is 2.26. The molecule has 122 valence electrons. The Morgan fingerprint density at radius 1 is 1.17 bits per heavy atom. The number of aryl methyl sites for hydroxylation is 1. The van der Waals surface area contributed by atoms with E-state index in [0.29, 0.717) is 11.8 Å². The molecule has 0 N–H and O–H groups in total. The molecule has 0 aliphatic heterocycles. The SMILES string of the molecule is Cc1cc2cc(O[C@H]3CC[C@@H](C(C)C)CC3)ccc2nc1C=O. The van der Waals surface area contributed by atoms with Gasteiger partial charge >= 0.3 is 0 Å². The van der Waals surface area contributed by atoms with Crippen LogP contribution in [0.15, 0.2) is 24.3 Å². The van der Waals surface area contributed by atoms with Crippen molar-refractivity contribution in [2.24, 2.45) is 11.8 Å². The molecule has 0 atom stereocenters. The van der Waals surface area contributed by atoms with E-state index in [0.717, 1.165) is 53.2 Å². The second-order valence-corrected chi connectivity index (χ2v) is 7.06. The van der Waals surface area contributed by atoms with Crippen molar-refractivity contribution in [1.82, 2.24) is 4.98 Å². The standard InChI is InChI=1S/C20H25NO2/c1-13(2)15-4-6-17(7-5-15)23-18-8-9-19-16(11-18)10-14(3)20(12-22)21-19/h8-13,15,17H,4-7H2,1-3H3/t15-,17+. The second-order valence-electron chi connectivity index (χ2n) is 7.06. The van der Waals surface area contributed by atoms with Gasteiger partial charge in [0.1, 0.15) is 11.4 Å². The summed E-state index contributed by atoms with van der Waals surface area (Å²) in [6.45, 7) is 6.55. The molecule has 0 unspecified atom stereocenters. The van der Waals surface area contributed by atoms with Crippen LogP contribution in [0.2, 0.25) is 0 Å². The lowest BCUT2D eigenvalue weighted by Crippen LogP contribution is -2.26. The predicted molar refractivity (Wildman–Crippen MR) is 93.1 cm³/mol. The first kappa shape index (κ1) is 16.0. The van der Waals surface area contributed by atoms with Crippen LogP contribution in [-0.2, 0) is 0 Å². The minimum Gasteiger partial charge on any atom is -0.490 e. The van der Waals surface area contributed by atoms with E-state index >= 15 is 0 Å². The molecule has 0 radical (unpaired) electrons. The first-order chi connectivity index (χ1) is 11.1. The van der Waals surface area contributed by atoms with Gasteiger partial charge in [-0.3, -0.25) is 4.79 Å². The monoisotopic (exact) mass is 311 g/mol. The molecular weight excluding hydrogens is 286 g/mol. The fraction of sp³-hybridized carbons (Fsp3) is 0.500. The lowest BCUT2D eigenvalue weighted by Gasteiger charge is -2.31. The van der Waals surface area contributed by atoms with Crippen LogP contribution in [0.3, 0.4) is 0 Å². The highest BCUT2D eigenvalue weighted by atomic mass is 16.5. The van der Waals surface area contributed by atoms with Gasteiger partial charge in [0.15, 0.2) is 6.29 Å². The van der Waals surface area contributed by atoms with Crippen LogP contribution >= 0.6 is 0 Å². The summed E-state index contributed by atoms with van der Waals surface area (Å²) in [4.78, 5) is 15.4. The molecule has 3 nitrogen and oxygen atoms in total. The molecule has 1 saturated carbocycles. The molecule has 1 aromatic heterocycles. The van der Waals surface area contributed by atoms with Crippen LogP contribution < -0.4 is 4.74 Å². The number of carbonyl (C=O) groups is 1. The van der Waals surface area contributed by atoms with Crippen molar-refractivity contribution in [3.63, 3.8) is 0 Å². The molecule has 0 bridgehead atoms. The van der Waals surface area contributed by atoms with Gasteiger partial charge in [0.2, 0.25) is 0 Å². The fourth-order valence-corrected chi connectivity index (χ4v) is 3.53. The third-order valence-electron chi connectivity index (χ3n) is 5.09. The Bertz CT molecular complexity index is 700. The molecule has 2 aromatic rings. The number of rotatable bonds is 4. The van der Waals surface area contributed by atoms with Crippen molar-refractivity contribution in [1.29, 1.82) is 0 Å². The summed E-state index contributed by atoms with van der Waals surface area (Å²) >= 11 is 0. The van der Waals surface area contributed by atoms with Crippen LogP contribution in [-0.4, -0.2) is 17.4 Å². The van der Waals surface area contributed by atoms with Crippen LogP contribution in [0, 0.1) is 18.8 Å². The van der Waals surface area contributed by atoms with Gasteiger partial charge in [-0.05, 0) is 74.3 Å². The van der Waals surface area contributed by atoms with E-state index in [1.54, 1.807) is 0 Å². The number of hydrogen-bond donors (Lipinski definition) is 0. The van der Waals surface area contributed by atoms with Crippen LogP contribution in [0.5, 0.6) is 5.75 Å². The molecule has 0 amide bonds. The number of aromatic nitrogens is 1. The van der Waals surface area contributed by atoms with Gasteiger partial charge in [0.05, 0.1) is 11.6 Å². The number of nitrogens with zero attached hydrogens (tertiary/aromatic N) is 1. The summed E-state index contributed by atoms with van der Waals surface area (Å²) in [5.74, 6) is 2.53. The van der Waals surface area contributed by atoms with Crippen LogP contribution in [0.4, 0.5) is 0 Å². The summed E-state index contributed by atoms with van der Waals surface area (Å²) in [6.07, 6.45) is 5.95. The molecule has 3 rings (SSSR count). The Morgan fingerprint density at radius 3 is 2.57 bits per heavy atom. The largest absolute Gasteiger partial charge is 0.490 e. The van der Waals surface area contributed by atoms with Crippen molar-refractivity contribution in [3.8, 4) is 5.75 Å². The van der Waals surface area contributed by atoms with E-state index in [-0.39, 0.29) is 0 Å². The Morgan fingerprint density at radius 2 is 1.91 bits per heavy atom. The number of ether oxygens (including phenoxy) is 1. The van der Waals surface area contributed by atoms with E-state index in [2.05, 4.69) is 18.8 Å². The van der Waals surface area contributed by atoms with Gasteiger partial charge in [0.25, 0.3) is 0 Å². The Kier molecular flexibility index (Phi) is 4.65. The summed E-state index contributed by atoms with van der Waals surface area (Å²) in [7, 11) is 0. The van der Waals surface area contributed by atoms with Crippen LogP contribution in [0.1, 0.15) is 55.6 Å². The highest BCUT2D eigenvalue weighted by molar-refractivity contribution is 5.86. The van der Waals surface area contributed by atoms with E-state index < -0.39 is 0 Å². The van der Waals surface area contributed by atoms with E-state index in [1.165, 1.54) is 12.8 Å². The zero-order chi connectivity index (χ0) is 16.4. The topological polar surface area (TPSA) is 39.2 Å². The number of pyridine rings is 1. The van der Waals surface area contributed by atoms with Gasteiger partial charge in [-0.15, -0.1) is 0 Å². The lowest BCUT2D eigenvalue weighted by molar-refractivity contribution is 0.111. The molecule has 23 heavy (non-hydrogen) atoms. The highest BCUT2D eigenvalue weighted by Crippen LogP contribution is 2.32. The number of carbonyl (C=O) groups excluding carboxylic acids is 1. The van der Waals surface area contributed by atoms with Gasteiger partial charge in [0, 0.05) is 5.39 Å². The number of fused-ring (bicyclic) bond motifs is 1. The summed E-state index contributed by atoms with van der Waals surface area (Å²) in [6, 6.07) is 7.96. The average Bonchev–Trinajstić information content (AvgIpc) is 2.54. The first-order valence-corrected chi connectivity index (χ1v) is 8.60. The van der Waals surface area contributed by atoms with Gasteiger partial charge in [-0.1, -0.05) is 13.8 Å². The summed E-state index contributed by atoms with van der Waals surface area (Å²) in [5, 5.41) is 1.03. The van der Waals surface area contributed by atoms with Crippen LogP contribution in [0.25, 0.3) is 10.9 Å². The predicted octanol–water partition coefficient (Wildman–Crippen LogP) is 4.95. The average molecular weight is 311 g/mol. The molecule has 1 fully saturated rings. The van der Waals surface area contributed by atoms with Gasteiger partial charge in [-0.25, -0.2) is 4.98 Å². The third-order valence-corrected chi connectivity index (χ3v) is 5.09. The highest BCUT2D eigenvalue weighted by Gasteiger charge is 2.24. The molecule has 0 spiro atoms. The third kappa shape index (κ3) is 3.54. The minimum absolute atomic E-state index is 0.325. The first-order valence-electron chi connectivity index (χ1n) is 8.60. The van der Waals surface area contributed by atoms with Crippen molar-refractivity contribution in [2.45, 2.75) is 52.6 Å². The Hall–Kier alpha value is -1.90. The molecule has 1 aliphatic carbocycles. The zero-order valence-electron chi connectivity index (χ0n) is 14.2. The van der Waals surface area contributed by atoms with E-state index in [9.17, 15) is 4.79 Å². The number of benzene rings is 1. The normalized spacial score (nSPS) is 21.6. The van der Waals surface area contributed by atoms with E-state index in [1.807, 2.05) is 31.2 Å². The minimum atomic E-state index is 0.325. The molecule has 1 aliphatic rings. The molecule has 1 aromatic carbocycles. The van der Waals surface area contributed by atoms with Crippen molar-refractivity contribution >= 4 is 17.2 Å². The van der Waals surface area contributed by atoms with Crippen molar-refractivity contribution < 1.29 is 9.53 Å². The maximum absolute atomic E-state index is 11.0. The van der Waals surface area contributed by atoms with E-state index in [4.69, 9.17) is 4.74 Å². The van der Waals surface area contributed by atoms with Crippen molar-refractivity contribution in [3.05, 3.63) is 35.5 Å². The molecule has 1 heterocycles. The Labute approximate surface area is 138 Å². The Balaban J connectivity index is 1.73. The number of aldehydes is 1. The van der Waals surface area contributed by atoms with Crippen molar-refractivity contribution in [2.75, 3.05) is 0 Å².